The van der Waals surface area contributed by atoms with Crippen LogP contribution in [0, 0.1) is 6.92 Å². The molecule has 1 heterocycles. The van der Waals surface area contributed by atoms with Gasteiger partial charge in [0.05, 0.1) is 5.56 Å². The van der Waals surface area contributed by atoms with Crippen molar-refractivity contribution >= 4 is 11.6 Å². The van der Waals surface area contributed by atoms with E-state index in [9.17, 15) is 4.79 Å². The van der Waals surface area contributed by atoms with E-state index in [0.717, 1.165) is 31.7 Å². The molecule has 0 spiro atoms. The topological polar surface area (TPSA) is 49.6 Å². The molecule has 1 aliphatic heterocycles. The van der Waals surface area contributed by atoms with Crippen LogP contribution >= 0.6 is 0 Å². The van der Waals surface area contributed by atoms with Gasteiger partial charge in [-0.05, 0) is 31.7 Å². The van der Waals surface area contributed by atoms with Crippen LogP contribution in [0.1, 0.15) is 15.9 Å². The van der Waals surface area contributed by atoms with Crippen LogP contribution in [0.5, 0.6) is 0 Å². The van der Waals surface area contributed by atoms with Crippen molar-refractivity contribution in [3.63, 3.8) is 0 Å². The van der Waals surface area contributed by atoms with Crippen molar-refractivity contribution in [1.82, 2.24) is 9.80 Å². The number of rotatable bonds is 1. The quantitative estimate of drug-likeness (QED) is 0.735. The van der Waals surface area contributed by atoms with Gasteiger partial charge in [0.2, 0.25) is 0 Å². The van der Waals surface area contributed by atoms with Gasteiger partial charge in [-0.3, -0.25) is 4.79 Å². The number of likely N-dealkylation sites (N-methyl/N-ethyl adjacent to an activating group) is 1. The first-order valence-corrected chi connectivity index (χ1v) is 5.92. The van der Waals surface area contributed by atoms with Gasteiger partial charge < -0.3 is 15.5 Å². The third-order valence-corrected chi connectivity index (χ3v) is 3.23. The fraction of sp³-hybridized carbons (Fsp3) is 0.462. The van der Waals surface area contributed by atoms with Crippen LogP contribution in [0.15, 0.2) is 18.2 Å². The summed E-state index contributed by atoms with van der Waals surface area (Å²) in [6, 6.07) is 5.61. The van der Waals surface area contributed by atoms with Gasteiger partial charge in [0, 0.05) is 31.9 Å². The molecule has 0 saturated carbocycles. The smallest absolute Gasteiger partial charge is 0.256 e. The van der Waals surface area contributed by atoms with Crippen LogP contribution in [0.2, 0.25) is 0 Å². The molecule has 17 heavy (non-hydrogen) atoms. The van der Waals surface area contributed by atoms with Crippen molar-refractivity contribution in [2.24, 2.45) is 0 Å². The van der Waals surface area contributed by atoms with Crippen molar-refractivity contribution in [2.45, 2.75) is 6.92 Å². The fourth-order valence-corrected chi connectivity index (χ4v) is 2.06. The van der Waals surface area contributed by atoms with Crippen LogP contribution in [0.4, 0.5) is 5.69 Å². The second-order valence-corrected chi connectivity index (χ2v) is 4.69. The molecule has 1 fully saturated rings. The summed E-state index contributed by atoms with van der Waals surface area (Å²) in [4.78, 5) is 16.4. The van der Waals surface area contributed by atoms with Crippen molar-refractivity contribution in [3.8, 4) is 0 Å². The molecule has 92 valence electrons. The zero-order valence-corrected chi connectivity index (χ0v) is 10.4. The van der Waals surface area contributed by atoms with Crippen molar-refractivity contribution in [3.05, 3.63) is 29.3 Å². The highest BCUT2D eigenvalue weighted by Gasteiger charge is 2.21. The fourth-order valence-electron chi connectivity index (χ4n) is 2.06. The first-order valence-electron chi connectivity index (χ1n) is 5.92. The number of piperazine rings is 1. The van der Waals surface area contributed by atoms with Gasteiger partial charge in [-0.2, -0.15) is 0 Å². The number of carbonyl (C=O) groups excluding carboxylic acids is 1. The number of aryl methyl sites for hydroxylation is 1. The van der Waals surface area contributed by atoms with Crippen LogP contribution in [0.25, 0.3) is 0 Å². The third-order valence-electron chi connectivity index (χ3n) is 3.23. The van der Waals surface area contributed by atoms with Crippen molar-refractivity contribution < 1.29 is 4.79 Å². The normalized spacial score (nSPS) is 17.2. The Morgan fingerprint density at radius 2 is 1.88 bits per heavy atom. The number of hydrogen-bond donors (Lipinski definition) is 1. The number of hydrogen-bond acceptors (Lipinski definition) is 3. The third kappa shape index (κ3) is 2.58. The Morgan fingerprint density at radius 3 is 2.47 bits per heavy atom. The molecular weight excluding hydrogens is 214 g/mol. The predicted molar refractivity (Wildman–Crippen MR) is 69.0 cm³/mol. The zero-order chi connectivity index (χ0) is 12.4. The lowest BCUT2D eigenvalue weighted by molar-refractivity contribution is 0.0665. The molecule has 4 nitrogen and oxygen atoms in total. The standard InChI is InChI=1S/C13H19N3O/c1-10-3-4-11(12(14)9-10)13(17)16-7-5-15(2)6-8-16/h3-4,9H,5-8,14H2,1-2H3. The highest BCUT2D eigenvalue weighted by molar-refractivity contribution is 5.99. The van der Waals surface area contributed by atoms with Crippen LogP contribution in [-0.4, -0.2) is 48.9 Å². The van der Waals surface area contributed by atoms with E-state index < -0.39 is 0 Å². The van der Waals surface area contributed by atoms with Gasteiger partial charge in [-0.15, -0.1) is 0 Å². The van der Waals surface area contributed by atoms with E-state index in [2.05, 4.69) is 11.9 Å². The summed E-state index contributed by atoms with van der Waals surface area (Å²) in [7, 11) is 2.07. The average molecular weight is 233 g/mol. The first-order chi connectivity index (χ1) is 8.08. The summed E-state index contributed by atoms with van der Waals surface area (Å²) in [5, 5.41) is 0. The van der Waals surface area contributed by atoms with Gasteiger partial charge in [0.15, 0.2) is 0 Å². The lowest BCUT2D eigenvalue weighted by atomic mass is 10.1. The maximum atomic E-state index is 12.3. The van der Waals surface area contributed by atoms with Crippen molar-refractivity contribution in [2.75, 3.05) is 39.0 Å². The predicted octanol–water partition coefficient (Wildman–Crippen LogP) is 0.965. The number of nitrogen functional groups attached to an aromatic ring is 1. The van der Waals surface area contributed by atoms with Crippen LogP contribution in [-0.2, 0) is 0 Å². The number of anilines is 1. The minimum absolute atomic E-state index is 0.0515. The van der Waals surface area contributed by atoms with E-state index in [1.807, 2.05) is 30.0 Å². The van der Waals surface area contributed by atoms with E-state index >= 15 is 0 Å². The highest BCUT2D eigenvalue weighted by Crippen LogP contribution is 2.16. The second kappa shape index (κ2) is 4.75. The number of amides is 1. The Hall–Kier alpha value is -1.55. The Kier molecular flexibility index (Phi) is 3.33. The van der Waals surface area contributed by atoms with Crippen LogP contribution in [0.3, 0.4) is 0 Å². The summed E-state index contributed by atoms with van der Waals surface area (Å²) in [5.41, 5.74) is 8.18. The Morgan fingerprint density at radius 1 is 1.24 bits per heavy atom. The lowest BCUT2D eigenvalue weighted by Crippen LogP contribution is -2.47. The van der Waals surface area contributed by atoms with Gasteiger partial charge in [-0.1, -0.05) is 6.07 Å². The molecule has 4 heteroatoms. The molecule has 0 unspecified atom stereocenters. The second-order valence-electron chi connectivity index (χ2n) is 4.69. The molecule has 1 aromatic carbocycles. The lowest BCUT2D eigenvalue weighted by Gasteiger charge is -2.32. The molecule has 2 rings (SSSR count). The summed E-state index contributed by atoms with van der Waals surface area (Å²) in [5.74, 6) is 0.0515. The van der Waals surface area contributed by atoms with Gasteiger partial charge >= 0.3 is 0 Å². The molecule has 0 aromatic heterocycles. The summed E-state index contributed by atoms with van der Waals surface area (Å²) in [6.45, 7) is 5.39. The van der Waals surface area contributed by atoms with Gasteiger partial charge in [0.1, 0.15) is 0 Å². The van der Waals surface area contributed by atoms with Gasteiger partial charge in [-0.25, -0.2) is 0 Å². The minimum atomic E-state index is 0.0515. The molecule has 0 aliphatic carbocycles. The molecule has 1 aliphatic rings. The molecule has 1 amide bonds. The Bertz CT molecular complexity index is 423. The first kappa shape index (κ1) is 11.9. The number of nitrogens with two attached hydrogens (primary N) is 1. The van der Waals surface area contributed by atoms with E-state index in [4.69, 9.17) is 5.73 Å². The molecule has 0 atom stereocenters. The molecular formula is C13H19N3O. The Labute approximate surface area is 102 Å². The van der Waals surface area contributed by atoms with Crippen molar-refractivity contribution in [1.29, 1.82) is 0 Å². The monoisotopic (exact) mass is 233 g/mol. The maximum absolute atomic E-state index is 12.3. The minimum Gasteiger partial charge on any atom is -0.398 e. The average Bonchev–Trinajstić information content (AvgIpc) is 2.29. The number of benzene rings is 1. The summed E-state index contributed by atoms with van der Waals surface area (Å²) in [6.07, 6.45) is 0. The number of nitrogens with zero attached hydrogens (tertiary/aromatic N) is 2. The van der Waals surface area contributed by atoms with Gasteiger partial charge in [0.25, 0.3) is 5.91 Å². The van der Waals surface area contributed by atoms with E-state index in [1.165, 1.54) is 0 Å². The van der Waals surface area contributed by atoms with E-state index in [-0.39, 0.29) is 5.91 Å². The number of carbonyl (C=O) groups is 1. The molecule has 2 N–H and O–H groups in total. The zero-order valence-electron chi connectivity index (χ0n) is 10.4. The molecule has 1 saturated heterocycles. The SMILES string of the molecule is Cc1ccc(C(=O)N2CCN(C)CC2)c(N)c1. The van der Waals surface area contributed by atoms with Crippen LogP contribution < -0.4 is 5.73 Å². The Balaban J connectivity index is 2.14. The maximum Gasteiger partial charge on any atom is 0.256 e. The summed E-state index contributed by atoms with van der Waals surface area (Å²) >= 11 is 0. The molecule has 1 aromatic rings. The molecule has 0 bridgehead atoms. The largest absolute Gasteiger partial charge is 0.398 e. The summed E-state index contributed by atoms with van der Waals surface area (Å²) < 4.78 is 0. The van der Waals surface area contributed by atoms with E-state index in [0.29, 0.717) is 11.3 Å². The highest BCUT2D eigenvalue weighted by atomic mass is 16.2. The van der Waals surface area contributed by atoms with E-state index in [1.54, 1.807) is 0 Å². The molecule has 0 radical (unpaired) electrons.